The first kappa shape index (κ1) is 11.3. The van der Waals surface area contributed by atoms with Gasteiger partial charge in [-0.25, -0.2) is 13.8 Å². The van der Waals surface area contributed by atoms with E-state index in [2.05, 4.69) is 20.9 Å². The molecule has 0 atom stereocenters. The van der Waals surface area contributed by atoms with Crippen molar-refractivity contribution in [3.05, 3.63) is 52.5 Å². The van der Waals surface area contributed by atoms with Crippen LogP contribution >= 0.6 is 15.9 Å². The molecule has 3 rings (SSSR count). The van der Waals surface area contributed by atoms with Crippen LogP contribution in [0.25, 0.3) is 22.6 Å². The van der Waals surface area contributed by atoms with Crippen molar-refractivity contribution in [3.63, 3.8) is 0 Å². The molecular formula is C13H6BrF2NO. The number of rotatable bonds is 1. The third-order valence-electron chi connectivity index (χ3n) is 2.50. The average Bonchev–Trinajstić information content (AvgIpc) is 2.74. The first-order valence-electron chi connectivity index (χ1n) is 5.15. The Morgan fingerprint density at radius 3 is 2.50 bits per heavy atom. The van der Waals surface area contributed by atoms with Crippen LogP contribution in [0.15, 0.2) is 45.3 Å². The van der Waals surface area contributed by atoms with E-state index in [9.17, 15) is 8.78 Å². The van der Waals surface area contributed by atoms with Crippen LogP contribution in [0.3, 0.4) is 0 Å². The second kappa shape index (κ2) is 4.17. The maximum absolute atomic E-state index is 13.5. The molecule has 0 aliphatic heterocycles. The molecule has 18 heavy (non-hydrogen) atoms. The lowest BCUT2D eigenvalue weighted by molar-refractivity contribution is 0.550. The molecule has 0 N–H and O–H groups in total. The molecule has 0 aliphatic carbocycles. The van der Waals surface area contributed by atoms with Crippen molar-refractivity contribution in [2.24, 2.45) is 0 Å². The maximum atomic E-state index is 13.5. The van der Waals surface area contributed by atoms with Crippen LogP contribution in [0.5, 0.6) is 0 Å². The zero-order valence-corrected chi connectivity index (χ0v) is 10.5. The van der Waals surface area contributed by atoms with Crippen LogP contribution in [-0.2, 0) is 0 Å². The van der Waals surface area contributed by atoms with Crippen LogP contribution in [0.4, 0.5) is 8.78 Å². The molecule has 0 saturated carbocycles. The molecule has 3 aromatic rings. The molecular weight excluding hydrogens is 304 g/mol. The molecule has 90 valence electrons. The monoisotopic (exact) mass is 309 g/mol. The van der Waals surface area contributed by atoms with Crippen molar-refractivity contribution in [2.45, 2.75) is 0 Å². The van der Waals surface area contributed by atoms with E-state index in [1.165, 1.54) is 0 Å². The molecule has 1 aromatic heterocycles. The van der Waals surface area contributed by atoms with Crippen molar-refractivity contribution >= 4 is 27.0 Å². The van der Waals surface area contributed by atoms with Gasteiger partial charge in [-0.15, -0.1) is 0 Å². The number of benzene rings is 2. The molecule has 1 heterocycles. The molecule has 0 fully saturated rings. The molecule has 0 amide bonds. The van der Waals surface area contributed by atoms with Gasteiger partial charge in [0.15, 0.2) is 11.4 Å². The highest BCUT2D eigenvalue weighted by molar-refractivity contribution is 9.10. The summed E-state index contributed by atoms with van der Waals surface area (Å²) in [4.78, 5) is 4.07. The van der Waals surface area contributed by atoms with E-state index in [4.69, 9.17) is 4.42 Å². The summed E-state index contributed by atoms with van der Waals surface area (Å²) < 4.78 is 32.7. The van der Waals surface area contributed by atoms with Crippen LogP contribution in [-0.4, -0.2) is 4.98 Å². The lowest BCUT2D eigenvalue weighted by Crippen LogP contribution is -1.79. The zero-order valence-electron chi connectivity index (χ0n) is 8.95. The van der Waals surface area contributed by atoms with E-state index in [0.29, 0.717) is 5.56 Å². The normalized spacial score (nSPS) is 11.1. The Labute approximate surface area is 109 Å². The van der Waals surface area contributed by atoms with Crippen LogP contribution < -0.4 is 0 Å². The number of hydrogen-bond donors (Lipinski definition) is 0. The largest absolute Gasteiger partial charge is 0.433 e. The number of aromatic nitrogens is 1. The summed E-state index contributed by atoms with van der Waals surface area (Å²) in [5.74, 6) is -1.15. The van der Waals surface area contributed by atoms with Gasteiger partial charge in [0.2, 0.25) is 5.89 Å². The number of nitrogens with zero attached hydrogens (tertiary/aromatic N) is 1. The number of fused-ring (bicyclic) bond motifs is 1. The zero-order chi connectivity index (χ0) is 12.7. The fourth-order valence-electron chi connectivity index (χ4n) is 1.68. The van der Waals surface area contributed by atoms with Gasteiger partial charge in [0.25, 0.3) is 0 Å². The Morgan fingerprint density at radius 2 is 1.78 bits per heavy atom. The van der Waals surface area contributed by atoms with Gasteiger partial charge in [0.05, 0.1) is 0 Å². The summed E-state index contributed by atoms with van der Waals surface area (Å²) in [6, 6.07) is 9.12. The first-order chi connectivity index (χ1) is 8.63. The summed E-state index contributed by atoms with van der Waals surface area (Å²) in [5, 5.41) is 0. The van der Waals surface area contributed by atoms with E-state index in [1.54, 1.807) is 12.1 Å². The standard InChI is InChI=1S/C13H6BrF2NO/c14-8-3-1-7(2-4-8)13-17-11-6-9(15)5-10(16)12(11)18-13/h1-6H. The SMILES string of the molecule is Fc1cc(F)c2oc(-c3ccc(Br)cc3)nc2c1. The summed E-state index contributed by atoms with van der Waals surface area (Å²) >= 11 is 3.31. The van der Waals surface area contributed by atoms with E-state index in [-0.39, 0.29) is 17.0 Å². The van der Waals surface area contributed by atoms with Crippen LogP contribution in [0.2, 0.25) is 0 Å². The van der Waals surface area contributed by atoms with Gasteiger partial charge in [-0.05, 0) is 24.3 Å². The van der Waals surface area contributed by atoms with Crippen LogP contribution in [0.1, 0.15) is 0 Å². The Hall–Kier alpha value is -1.75. The van der Waals surface area contributed by atoms with Gasteiger partial charge >= 0.3 is 0 Å². The van der Waals surface area contributed by atoms with Crippen molar-refractivity contribution in [2.75, 3.05) is 0 Å². The van der Waals surface area contributed by atoms with E-state index < -0.39 is 11.6 Å². The highest BCUT2D eigenvalue weighted by Crippen LogP contribution is 2.27. The highest BCUT2D eigenvalue weighted by Gasteiger charge is 2.13. The number of halogens is 3. The number of oxazole rings is 1. The Bertz CT molecular complexity index is 722. The fraction of sp³-hybridized carbons (Fsp3) is 0. The molecule has 0 aliphatic rings. The minimum absolute atomic E-state index is 0.0330. The lowest BCUT2D eigenvalue weighted by atomic mass is 10.2. The van der Waals surface area contributed by atoms with Crippen molar-refractivity contribution < 1.29 is 13.2 Å². The quantitative estimate of drug-likeness (QED) is 0.660. The summed E-state index contributed by atoms with van der Waals surface area (Å²) in [5.41, 5.74) is 0.842. The molecule has 0 unspecified atom stereocenters. The Balaban J connectivity index is 2.19. The summed E-state index contributed by atoms with van der Waals surface area (Å²) in [6.07, 6.45) is 0. The minimum Gasteiger partial charge on any atom is -0.433 e. The molecule has 0 radical (unpaired) electrons. The van der Waals surface area contributed by atoms with Gasteiger partial charge in [-0.1, -0.05) is 15.9 Å². The molecule has 2 aromatic carbocycles. The third kappa shape index (κ3) is 1.90. The van der Waals surface area contributed by atoms with Crippen molar-refractivity contribution in [1.82, 2.24) is 4.98 Å². The van der Waals surface area contributed by atoms with Gasteiger partial charge in [-0.2, -0.15) is 0 Å². The van der Waals surface area contributed by atoms with Gasteiger partial charge in [-0.3, -0.25) is 0 Å². The Kier molecular flexibility index (Phi) is 2.63. The summed E-state index contributed by atoms with van der Waals surface area (Å²) in [6.45, 7) is 0. The average molecular weight is 310 g/mol. The van der Waals surface area contributed by atoms with Crippen molar-refractivity contribution in [1.29, 1.82) is 0 Å². The van der Waals surface area contributed by atoms with Gasteiger partial charge < -0.3 is 4.42 Å². The molecule has 2 nitrogen and oxygen atoms in total. The van der Waals surface area contributed by atoms with Crippen LogP contribution in [0, 0.1) is 11.6 Å². The van der Waals surface area contributed by atoms with E-state index in [1.807, 2.05) is 12.1 Å². The smallest absolute Gasteiger partial charge is 0.227 e. The van der Waals surface area contributed by atoms with Crippen molar-refractivity contribution in [3.8, 4) is 11.5 Å². The van der Waals surface area contributed by atoms with Gasteiger partial charge in [0.1, 0.15) is 11.3 Å². The molecule has 0 spiro atoms. The second-order valence-corrected chi connectivity index (χ2v) is 4.68. The lowest BCUT2D eigenvalue weighted by Gasteiger charge is -1.94. The predicted octanol–water partition coefficient (Wildman–Crippen LogP) is 4.54. The third-order valence-corrected chi connectivity index (χ3v) is 3.03. The topological polar surface area (TPSA) is 26.0 Å². The fourth-order valence-corrected chi connectivity index (χ4v) is 1.94. The van der Waals surface area contributed by atoms with Gasteiger partial charge in [0, 0.05) is 22.2 Å². The first-order valence-corrected chi connectivity index (χ1v) is 5.94. The predicted molar refractivity (Wildman–Crippen MR) is 67.1 cm³/mol. The second-order valence-electron chi connectivity index (χ2n) is 3.76. The summed E-state index contributed by atoms with van der Waals surface area (Å²) in [7, 11) is 0. The minimum atomic E-state index is -0.749. The highest BCUT2D eigenvalue weighted by atomic mass is 79.9. The Morgan fingerprint density at radius 1 is 1.06 bits per heavy atom. The molecule has 5 heteroatoms. The number of hydrogen-bond acceptors (Lipinski definition) is 2. The molecule has 0 bridgehead atoms. The maximum Gasteiger partial charge on any atom is 0.227 e. The molecule has 0 saturated heterocycles. The van der Waals surface area contributed by atoms with E-state index >= 15 is 0 Å². The van der Waals surface area contributed by atoms with E-state index in [0.717, 1.165) is 16.6 Å².